The molecule has 0 saturated carbocycles. The first-order valence-corrected chi connectivity index (χ1v) is 9.44. The molecule has 0 heterocycles. The first-order chi connectivity index (χ1) is 13.0. The quantitative estimate of drug-likeness (QED) is 0.482. The van der Waals surface area contributed by atoms with Crippen molar-refractivity contribution in [3.63, 3.8) is 0 Å². The van der Waals surface area contributed by atoms with Gasteiger partial charge in [0.05, 0.1) is 12.3 Å². The van der Waals surface area contributed by atoms with Gasteiger partial charge < -0.3 is 14.4 Å². The zero-order chi connectivity index (χ0) is 19.6. The van der Waals surface area contributed by atoms with Crippen LogP contribution in [0.25, 0.3) is 0 Å². The van der Waals surface area contributed by atoms with E-state index in [0.717, 1.165) is 12.8 Å². The van der Waals surface area contributed by atoms with E-state index in [1.807, 2.05) is 39.2 Å². The minimum Gasteiger partial charge on any atom is -0.493 e. The van der Waals surface area contributed by atoms with Crippen molar-refractivity contribution < 1.29 is 14.3 Å². The van der Waals surface area contributed by atoms with Gasteiger partial charge in [0.2, 0.25) is 0 Å². The molecule has 6 heteroatoms. The van der Waals surface area contributed by atoms with Crippen molar-refractivity contribution in [2.45, 2.75) is 25.8 Å². The summed E-state index contributed by atoms with van der Waals surface area (Å²) in [6, 6.07) is 15.3. The zero-order valence-corrected chi connectivity index (χ0v) is 16.8. The van der Waals surface area contributed by atoms with Crippen LogP contribution in [0.5, 0.6) is 5.75 Å². The molecule has 0 fully saturated rings. The maximum Gasteiger partial charge on any atom is 0.341 e. The fourth-order valence-electron chi connectivity index (χ4n) is 2.61. The van der Waals surface area contributed by atoms with Crippen LogP contribution in [0, 0.1) is 0 Å². The van der Waals surface area contributed by atoms with E-state index in [9.17, 15) is 4.79 Å². The van der Waals surface area contributed by atoms with Gasteiger partial charge in [0, 0.05) is 23.9 Å². The highest BCUT2D eigenvalue weighted by Crippen LogP contribution is 2.25. The maximum absolute atomic E-state index is 12.6. The van der Waals surface area contributed by atoms with Gasteiger partial charge in [-0.15, -0.1) is 0 Å². The molecule has 146 valence electrons. The number of esters is 1. The van der Waals surface area contributed by atoms with E-state index in [2.05, 4.69) is 21.9 Å². The lowest BCUT2D eigenvalue weighted by molar-refractivity contribution is 0.0396. The molecule has 0 aliphatic rings. The molecule has 2 aromatic carbocycles. The summed E-state index contributed by atoms with van der Waals surface area (Å²) in [6.45, 7) is 2.82. The predicted octanol–water partition coefficient (Wildman–Crippen LogP) is 4.37. The highest BCUT2D eigenvalue weighted by Gasteiger charge is 2.19. The number of rotatable bonds is 10. The van der Waals surface area contributed by atoms with Crippen LogP contribution < -0.4 is 9.57 Å². The number of benzene rings is 2. The van der Waals surface area contributed by atoms with Gasteiger partial charge >= 0.3 is 5.97 Å². The lowest BCUT2D eigenvalue weighted by atomic mass is 10.1. The van der Waals surface area contributed by atoms with Crippen molar-refractivity contribution >= 4 is 23.4 Å². The van der Waals surface area contributed by atoms with Crippen LogP contribution in [0.3, 0.4) is 0 Å². The average molecular weight is 391 g/mol. The fourth-order valence-corrected chi connectivity index (χ4v) is 2.73. The Balaban J connectivity index is 2.06. The molecule has 27 heavy (non-hydrogen) atoms. The topological polar surface area (TPSA) is 50.8 Å². The van der Waals surface area contributed by atoms with Crippen LogP contribution in [0.15, 0.2) is 48.5 Å². The molecule has 0 unspecified atom stereocenters. The average Bonchev–Trinajstić information content (AvgIpc) is 2.69. The van der Waals surface area contributed by atoms with Gasteiger partial charge in [0.25, 0.3) is 0 Å². The molecule has 0 radical (unpaired) electrons. The van der Waals surface area contributed by atoms with Gasteiger partial charge in [-0.05, 0) is 44.6 Å². The largest absolute Gasteiger partial charge is 0.493 e. The standard InChI is InChI=1S/C21H27ClN2O3/c1-4-12-26-20-14-17(23-22)10-11-19(20)21(25)27-15-18(24(2)3)13-16-8-6-5-7-9-16/h5-11,14,18,23H,4,12-13,15H2,1-3H3/t18-/m0/s1. The van der Waals surface area contributed by atoms with Crippen LogP contribution in [0.2, 0.25) is 0 Å². The van der Waals surface area contributed by atoms with E-state index >= 15 is 0 Å². The molecule has 0 spiro atoms. The summed E-state index contributed by atoms with van der Waals surface area (Å²) >= 11 is 5.65. The van der Waals surface area contributed by atoms with Gasteiger partial charge in [0.1, 0.15) is 17.9 Å². The Bertz CT molecular complexity index is 723. The van der Waals surface area contributed by atoms with Crippen molar-refractivity contribution in [2.24, 2.45) is 0 Å². The molecule has 0 saturated heterocycles. The van der Waals surface area contributed by atoms with Crippen LogP contribution >= 0.6 is 11.8 Å². The number of ether oxygens (including phenoxy) is 2. The molecule has 0 aromatic heterocycles. The van der Waals surface area contributed by atoms with E-state index in [1.54, 1.807) is 18.2 Å². The molecule has 1 atom stereocenters. The third-order valence-corrected chi connectivity index (χ3v) is 4.44. The Morgan fingerprint density at radius 2 is 1.93 bits per heavy atom. The van der Waals surface area contributed by atoms with Gasteiger partial charge in [-0.1, -0.05) is 37.3 Å². The van der Waals surface area contributed by atoms with Gasteiger partial charge in [-0.3, -0.25) is 4.84 Å². The monoisotopic (exact) mass is 390 g/mol. The van der Waals surface area contributed by atoms with Crippen molar-refractivity contribution in [1.82, 2.24) is 4.90 Å². The van der Waals surface area contributed by atoms with Crippen molar-refractivity contribution in [1.29, 1.82) is 0 Å². The second-order valence-corrected chi connectivity index (χ2v) is 6.75. The van der Waals surface area contributed by atoms with Crippen molar-refractivity contribution in [3.05, 3.63) is 59.7 Å². The molecule has 0 bridgehead atoms. The molecule has 0 aliphatic carbocycles. The van der Waals surface area contributed by atoms with E-state index in [-0.39, 0.29) is 6.04 Å². The minimum absolute atomic E-state index is 0.0835. The summed E-state index contributed by atoms with van der Waals surface area (Å²) in [6.07, 6.45) is 1.64. The summed E-state index contributed by atoms with van der Waals surface area (Å²) in [5, 5.41) is 0. The van der Waals surface area contributed by atoms with Crippen molar-refractivity contribution in [3.8, 4) is 5.75 Å². The lowest BCUT2D eigenvalue weighted by Gasteiger charge is -2.24. The van der Waals surface area contributed by atoms with E-state index < -0.39 is 5.97 Å². The van der Waals surface area contributed by atoms with E-state index in [0.29, 0.717) is 30.2 Å². The second-order valence-electron chi connectivity index (χ2n) is 6.56. The summed E-state index contributed by atoms with van der Waals surface area (Å²) < 4.78 is 11.3. The number of halogens is 1. The fraction of sp³-hybridized carbons (Fsp3) is 0.381. The number of hydrogen-bond donors (Lipinski definition) is 1. The van der Waals surface area contributed by atoms with Gasteiger partial charge in [-0.2, -0.15) is 0 Å². The Hall–Kier alpha value is -2.24. The third-order valence-electron chi connectivity index (χ3n) is 4.22. The Morgan fingerprint density at radius 3 is 2.56 bits per heavy atom. The molecule has 2 rings (SSSR count). The van der Waals surface area contributed by atoms with Crippen molar-refractivity contribution in [2.75, 3.05) is 32.1 Å². The summed E-state index contributed by atoms with van der Waals surface area (Å²) in [5.41, 5.74) is 2.27. The normalized spacial score (nSPS) is 11.9. The molecule has 2 aromatic rings. The Kier molecular flexibility index (Phi) is 8.43. The number of anilines is 1. The molecule has 1 N–H and O–H groups in total. The molecule has 0 aliphatic heterocycles. The van der Waals surface area contributed by atoms with Crippen LogP contribution in [0.4, 0.5) is 5.69 Å². The summed E-state index contributed by atoms with van der Waals surface area (Å²) in [7, 11) is 3.97. The predicted molar refractivity (Wildman–Crippen MR) is 110 cm³/mol. The minimum atomic E-state index is -0.401. The SMILES string of the molecule is CCCOc1cc(NCl)ccc1C(=O)OC[C@H](Cc1ccccc1)N(C)C. The molecular formula is C21H27ClN2O3. The maximum atomic E-state index is 12.6. The first-order valence-electron chi connectivity index (χ1n) is 9.06. The van der Waals surface area contributed by atoms with E-state index in [1.165, 1.54) is 5.56 Å². The number of nitrogens with zero attached hydrogens (tertiary/aromatic N) is 1. The smallest absolute Gasteiger partial charge is 0.341 e. The second kappa shape index (κ2) is 10.8. The molecule has 0 amide bonds. The van der Waals surface area contributed by atoms with E-state index in [4.69, 9.17) is 21.3 Å². The number of carbonyl (C=O) groups excluding carboxylic acids is 1. The number of likely N-dealkylation sites (N-methyl/N-ethyl adjacent to an activating group) is 1. The van der Waals surface area contributed by atoms with Gasteiger partial charge in [0.15, 0.2) is 0 Å². The third kappa shape index (κ3) is 6.45. The van der Waals surface area contributed by atoms with Crippen LogP contribution in [-0.2, 0) is 11.2 Å². The number of hydrogen-bond acceptors (Lipinski definition) is 5. The summed E-state index contributed by atoms with van der Waals surface area (Å²) in [4.78, 5) is 17.2. The highest BCUT2D eigenvalue weighted by atomic mass is 35.5. The Morgan fingerprint density at radius 1 is 1.19 bits per heavy atom. The van der Waals surface area contributed by atoms with Crippen LogP contribution in [0.1, 0.15) is 29.3 Å². The zero-order valence-electron chi connectivity index (χ0n) is 16.1. The number of carbonyl (C=O) groups is 1. The Labute approximate surface area is 166 Å². The number of nitrogens with one attached hydrogen (secondary N) is 1. The summed E-state index contributed by atoms with van der Waals surface area (Å²) in [5.74, 6) is 0.0686. The van der Waals surface area contributed by atoms with Crippen LogP contribution in [-0.4, -0.2) is 44.2 Å². The molecular weight excluding hydrogens is 364 g/mol. The lowest BCUT2D eigenvalue weighted by Crippen LogP contribution is -2.35. The molecule has 5 nitrogen and oxygen atoms in total. The first kappa shape index (κ1) is 21.1. The van der Waals surface area contributed by atoms with Gasteiger partial charge in [-0.25, -0.2) is 4.79 Å². The highest BCUT2D eigenvalue weighted by molar-refractivity contribution is 6.24.